The van der Waals surface area contributed by atoms with Crippen LogP contribution in [0.3, 0.4) is 0 Å². The third kappa shape index (κ3) is 3.65. The normalized spacial score (nSPS) is 13.3. The molecule has 3 nitrogen and oxygen atoms in total. The van der Waals surface area contributed by atoms with Gasteiger partial charge in [-0.2, -0.15) is 0 Å². The van der Waals surface area contributed by atoms with Crippen molar-refractivity contribution in [3.63, 3.8) is 0 Å². The summed E-state index contributed by atoms with van der Waals surface area (Å²) in [5.41, 5.74) is 1.29. The van der Waals surface area contributed by atoms with Crippen LogP contribution in [0.25, 0.3) is 0 Å². The molecule has 1 rings (SSSR count). The molecule has 0 aliphatic heterocycles. The zero-order chi connectivity index (χ0) is 12.0. The lowest BCUT2D eigenvalue weighted by Gasteiger charge is -2.27. The molecule has 0 bridgehead atoms. The van der Waals surface area contributed by atoms with Crippen LogP contribution in [0.1, 0.15) is 31.6 Å². The Kier molecular flexibility index (Phi) is 5.56. The van der Waals surface area contributed by atoms with Crippen molar-refractivity contribution in [3.05, 3.63) is 23.7 Å². The van der Waals surface area contributed by atoms with Gasteiger partial charge in [0.1, 0.15) is 5.76 Å². The summed E-state index contributed by atoms with van der Waals surface area (Å²) in [5, 5.41) is 3.41. The van der Waals surface area contributed by atoms with Crippen molar-refractivity contribution in [2.24, 2.45) is 0 Å². The molecule has 0 spiro atoms. The second kappa shape index (κ2) is 6.71. The van der Waals surface area contributed by atoms with Gasteiger partial charge in [-0.3, -0.25) is 4.90 Å². The van der Waals surface area contributed by atoms with Gasteiger partial charge in [0.2, 0.25) is 0 Å². The zero-order valence-electron chi connectivity index (χ0n) is 10.9. The second-order valence-corrected chi connectivity index (χ2v) is 4.29. The summed E-state index contributed by atoms with van der Waals surface area (Å²) in [6.45, 7) is 9.46. The molecular weight excluding hydrogens is 200 g/mol. The minimum atomic E-state index is 0.592. The van der Waals surface area contributed by atoms with Gasteiger partial charge < -0.3 is 9.73 Å². The first-order valence-corrected chi connectivity index (χ1v) is 6.12. The molecule has 0 fully saturated rings. The Hall–Kier alpha value is -0.800. The van der Waals surface area contributed by atoms with E-state index in [0.29, 0.717) is 6.04 Å². The lowest BCUT2D eigenvalue weighted by molar-refractivity contribution is 0.221. The van der Waals surface area contributed by atoms with E-state index in [0.717, 1.165) is 25.4 Å². The number of nitrogens with one attached hydrogen (secondary N) is 1. The average Bonchev–Trinajstić information content (AvgIpc) is 2.65. The monoisotopic (exact) mass is 224 g/mol. The molecule has 1 heterocycles. The number of rotatable bonds is 7. The predicted molar refractivity (Wildman–Crippen MR) is 67.5 cm³/mol. The molecule has 92 valence electrons. The molecule has 1 N–H and O–H groups in total. The minimum Gasteiger partial charge on any atom is -0.469 e. The van der Waals surface area contributed by atoms with Crippen LogP contribution in [0, 0.1) is 6.92 Å². The summed E-state index contributed by atoms with van der Waals surface area (Å²) in [6.07, 6.45) is 2.93. The Morgan fingerprint density at radius 1 is 1.44 bits per heavy atom. The topological polar surface area (TPSA) is 28.4 Å². The highest BCUT2D eigenvalue weighted by Gasteiger charge is 2.13. The van der Waals surface area contributed by atoms with E-state index in [1.165, 1.54) is 12.0 Å². The molecular formula is C13H24N2O. The first-order valence-electron chi connectivity index (χ1n) is 6.12. The molecule has 0 amide bonds. The Labute approximate surface area is 98.8 Å². The van der Waals surface area contributed by atoms with Crippen molar-refractivity contribution < 1.29 is 4.42 Å². The molecule has 0 saturated carbocycles. The average molecular weight is 224 g/mol. The van der Waals surface area contributed by atoms with Crippen LogP contribution >= 0.6 is 0 Å². The largest absolute Gasteiger partial charge is 0.469 e. The van der Waals surface area contributed by atoms with Crippen molar-refractivity contribution in [2.75, 3.05) is 20.1 Å². The fourth-order valence-electron chi connectivity index (χ4n) is 1.90. The molecule has 0 aliphatic carbocycles. The zero-order valence-corrected chi connectivity index (χ0v) is 10.9. The molecule has 1 aromatic heterocycles. The van der Waals surface area contributed by atoms with Gasteiger partial charge in [0.15, 0.2) is 0 Å². The highest BCUT2D eigenvalue weighted by molar-refractivity contribution is 5.15. The van der Waals surface area contributed by atoms with Crippen LogP contribution in [-0.2, 0) is 6.54 Å². The first kappa shape index (κ1) is 13.3. The molecule has 3 heteroatoms. The van der Waals surface area contributed by atoms with Gasteiger partial charge in [-0.15, -0.1) is 0 Å². The smallest absolute Gasteiger partial charge is 0.105 e. The number of nitrogens with zero attached hydrogens (tertiary/aromatic N) is 1. The summed E-state index contributed by atoms with van der Waals surface area (Å²) in [7, 11) is 2.18. The van der Waals surface area contributed by atoms with Crippen LogP contribution in [0.5, 0.6) is 0 Å². The summed E-state index contributed by atoms with van der Waals surface area (Å²) >= 11 is 0. The second-order valence-electron chi connectivity index (χ2n) is 4.29. The standard InChI is InChI=1S/C13H24N2O/c1-5-13(9-14-6-2)15(4)10-12-7-8-16-11(12)3/h7-8,13-14H,5-6,9-10H2,1-4H3. The third-order valence-electron chi connectivity index (χ3n) is 3.11. The fourth-order valence-corrected chi connectivity index (χ4v) is 1.90. The van der Waals surface area contributed by atoms with Gasteiger partial charge in [0, 0.05) is 24.7 Å². The van der Waals surface area contributed by atoms with Gasteiger partial charge in [-0.1, -0.05) is 13.8 Å². The van der Waals surface area contributed by atoms with Gasteiger partial charge in [0.25, 0.3) is 0 Å². The van der Waals surface area contributed by atoms with Crippen LogP contribution in [-0.4, -0.2) is 31.1 Å². The van der Waals surface area contributed by atoms with E-state index in [4.69, 9.17) is 4.42 Å². The lowest BCUT2D eigenvalue weighted by Crippen LogP contribution is -2.39. The number of hydrogen-bond acceptors (Lipinski definition) is 3. The van der Waals surface area contributed by atoms with Crippen LogP contribution in [0.2, 0.25) is 0 Å². The Morgan fingerprint density at radius 3 is 2.69 bits per heavy atom. The highest BCUT2D eigenvalue weighted by Crippen LogP contribution is 2.13. The number of furan rings is 1. The maximum absolute atomic E-state index is 5.32. The Bertz CT molecular complexity index is 296. The molecule has 16 heavy (non-hydrogen) atoms. The fraction of sp³-hybridized carbons (Fsp3) is 0.692. The summed E-state index contributed by atoms with van der Waals surface area (Å²) in [5.74, 6) is 1.03. The quantitative estimate of drug-likeness (QED) is 0.771. The first-order chi connectivity index (χ1) is 7.69. The molecule has 0 radical (unpaired) electrons. The van der Waals surface area contributed by atoms with Gasteiger partial charge >= 0.3 is 0 Å². The van der Waals surface area contributed by atoms with Crippen LogP contribution < -0.4 is 5.32 Å². The van der Waals surface area contributed by atoms with Crippen LogP contribution in [0.4, 0.5) is 0 Å². The van der Waals surface area contributed by atoms with Crippen molar-refractivity contribution in [1.29, 1.82) is 0 Å². The van der Waals surface area contributed by atoms with Crippen LogP contribution in [0.15, 0.2) is 16.7 Å². The predicted octanol–water partition coefficient (Wildman–Crippen LogP) is 2.41. The van der Waals surface area contributed by atoms with E-state index < -0.39 is 0 Å². The van der Waals surface area contributed by atoms with Crippen molar-refractivity contribution in [1.82, 2.24) is 10.2 Å². The summed E-state index contributed by atoms with van der Waals surface area (Å²) in [4.78, 5) is 2.39. The summed E-state index contributed by atoms with van der Waals surface area (Å²) in [6, 6.07) is 2.65. The maximum atomic E-state index is 5.32. The molecule has 1 unspecified atom stereocenters. The van der Waals surface area contributed by atoms with E-state index in [-0.39, 0.29) is 0 Å². The lowest BCUT2D eigenvalue weighted by atomic mass is 10.1. The SMILES string of the molecule is CCNCC(CC)N(C)Cc1ccoc1C. The number of aryl methyl sites for hydroxylation is 1. The van der Waals surface area contributed by atoms with E-state index in [1.807, 2.05) is 6.92 Å². The van der Waals surface area contributed by atoms with E-state index >= 15 is 0 Å². The van der Waals surface area contributed by atoms with Gasteiger partial charge in [0.05, 0.1) is 6.26 Å². The van der Waals surface area contributed by atoms with E-state index in [2.05, 4.69) is 37.2 Å². The van der Waals surface area contributed by atoms with Gasteiger partial charge in [-0.25, -0.2) is 0 Å². The maximum Gasteiger partial charge on any atom is 0.105 e. The third-order valence-corrected chi connectivity index (χ3v) is 3.11. The Morgan fingerprint density at radius 2 is 2.19 bits per heavy atom. The minimum absolute atomic E-state index is 0.592. The highest BCUT2D eigenvalue weighted by atomic mass is 16.3. The molecule has 0 aromatic carbocycles. The molecule has 1 atom stereocenters. The number of hydrogen-bond donors (Lipinski definition) is 1. The molecule has 1 aromatic rings. The van der Waals surface area contributed by atoms with Crippen molar-refractivity contribution in [2.45, 2.75) is 39.8 Å². The van der Waals surface area contributed by atoms with E-state index in [9.17, 15) is 0 Å². The van der Waals surface area contributed by atoms with Crippen molar-refractivity contribution in [3.8, 4) is 0 Å². The van der Waals surface area contributed by atoms with E-state index in [1.54, 1.807) is 6.26 Å². The Balaban J connectivity index is 2.49. The van der Waals surface area contributed by atoms with Gasteiger partial charge in [-0.05, 0) is 33.0 Å². The van der Waals surface area contributed by atoms with Crippen molar-refractivity contribution >= 4 is 0 Å². The number of likely N-dealkylation sites (N-methyl/N-ethyl adjacent to an activating group) is 2. The summed E-state index contributed by atoms with van der Waals surface area (Å²) < 4.78 is 5.32. The molecule has 0 saturated heterocycles. The molecule has 0 aliphatic rings.